The molecule has 0 aliphatic carbocycles. The molecule has 1 atom stereocenters. The van der Waals surface area contributed by atoms with Crippen molar-refractivity contribution in [1.82, 2.24) is 4.72 Å². The average Bonchev–Trinajstić information content (AvgIpc) is 2.65. The minimum atomic E-state index is -3.78. The quantitative estimate of drug-likeness (QED) is 0.747. The number of ether oxygens (including phenoxy) is 2. The molecule has 0 saturated heterocycles. The summed E-state index contributed by atoms with van der Waals surface area (Å²) < 4.78 is 39.1. The van der Waals surface area contributed by atoms with E-state index in [1.54, 1.807) is 12.1 Å². The molecule has 1 N–H and O–H groups in total. The second-order valence-corrected chi connectivity index (χ2v) is 8.10. The highest BCUT2D eigenvalue weighted by molar-refractivity contribution is 7.89. The van der Waals surface area contributed by atoms with E-state index in [0.29, 0.717) is 18.1 Å². The Morgan fingerprint density at radius 2 is 1.58 bits per heavy atom. The van der Waals surface area contributed by atoms with Crippen LogP contribution in [0.1, 0.15) is 50.3 Å². The maximum Gasteiger partial charge on any atom is 0.244 e. The molecule has 0 heterocycles. The standard InChI is InChI=1S/C20H27NO4S/c1-6-18(16-9-7-15(8-10-16)14(2)3)21-26(22,23)20-13-17(24-4)11-12-19(20)25-5/h7-14,18,21H,6H2,1-5H3. The van der Waals surface area contributed by atoms with Crippen molar-refractivity contribution in [1.29, 1.82) is 0 Å². The highest BCUT2D eigenvalue weighted by Crippen LogP contribution is 2.30. The van der Waals surface area contributed by atoms with Crippen LogP contribution < -0.4 is 14.2 Å². The van der Waals surface area contributed by atoms with Crippen LogP contribution in [-0.2, 0) is 10.0 Å². The molecule has 1 unspecified atom stereocenters. The first-order valence-electron chi connectivity index (χ1n) is 8.66. The zero-order valence-electron chi connectivity index (χ0n) is 15.9. The Kier molecular flexibility index (Phi) is 6.67. The molecular formula is C20H27NO4S. The zero-order chi connectivity index (χ0) is 19.3. The third-order valence-electron chi connectivity index (χ3n) is 4.37. The fourth-order valence-corrected chi connectivity index (χ4v) is 4.24. The molecule has 6 heteroatoms. The van der Waals surface area contributed by atoms with Gasteiger partial charge in [-0.1, -0.05) is 45.0 Å². The molecule has 2 aromatic rings. The van der Waals surface area contributed by atoms with E-state index in [-0.39, 0.29) is 16.7 Å². The summed E-state index contributed by atoms with van der Waals surface area (Å²) in [7, 11) is -0.833. The Morgan fingerprint density at radius 1 is 0.962 bits per heavy atom. The Balaban J connectivity index is 2.34. The molecule has 2 aromatic carbocycles. The van der Waals surface area contributed by atoms with E-state index in [1.165, 1.54) is 25.8 Å². The molecular weight excluding hydrogens is 350 g/mol. The van der Waals surface area contributed by atoms with Crippen molar-refractivity contribution in [3.8, 4) is 11.5 Å². The van der Waals surface area contributed by atoms with Crippen LogP contribution in [0.5, 0.6) is 11.5 Å². The summed E-state index contributed by atoms with van der Waals surface area (Å²) in [6.07, 6.45) is 0.631. The maximum atomic E-state index is 13.0. The van der Waals surface area contributed by atoms with Gasteiger partial charge >= 0.3 is 0 Å². The second-order valence-electron chi connectivity index (χ2n) is 6.42. The number of hydrogen-bond acceptors (Lipinski definition) is 4. The van der Waals surface area contributed by atoms with Gasteiger partial charge in [0.2, 0.25) is 10.0 Å². The van der Waals surface area contributed by atoms with Crippen molar-refractivity contribution in [3.63, 3.8) is 0 Å². The zero-order valence-corrected chi connectivity index (χ0v) is 16.8. The highest BCUT2D eigenvalue weighted by Gasteiger charge is 2.24. The van der Waals surface area contributed by atoms with Crippen LogP contribution >= 0.6 is 0 Å². The van der Waals surface area contributed by atoms with Crippen molar-refractivity contribution < 1.29 is 17.9 Å². The van der Waals surface area contributed by atoms with Gasteiger partial charge in [0.1, 0.15) is 16.4 Å². The van der Waals surface area contributed by atoms with Crippen molar-refractivity contribution in [2.45, 2.75) is 44.0 Å². The maximum absolute atomic E-state index is 13.0. The summed E-state index contributed by atoms with van der Waals surface area (Å²) in [6.45, 7) is 6.21. The number of methoxy groups -OCH3 is 2. The third-order valence-corrected chi connectivity index (χ3v) is 5.86. The molecule has 142 valence electrons. The largest absolute Gasteiger partial charge is 0.497 e. The molecule has 5 nitrogen and oxygen atoms in total. The number of hydrogen-bond donors (Lipinski definition) is 1. The fourth-order valence-electron chi connectivity index (χ4n) is 2.75. The summed E-state index contributed by atoms with van der Waals surface area (Å²) in [5, 5.41) is 0. The van der Waals surface area contributed by atoms with E-state index in [9.17, 15) is 8.42 Å². The van der Waals surface area contributed by atoms with E-state index in [2.05, 4.69) is 18.6 Å². The number of sulfonamides is 1. The second kappa shape index (κ2) is 8.56. The van der Waals surface area contributed by atoms with E-state index in [1.807, 2.05) is 31.2 Å². The molecule has 0 bridgehead atoms. The summed E-state index contributed by atoms with van der Waals surface area (Å²) >= 11 is 0. The average molecular weight is 378 g/mol. The van der Waals surface area contributed by atoms with Gasteiger partial charge in [-0.2, -0.15) is 0 Å². The van der Waals surface area contributed by atoms with Crippen molar-refractivity contribution >= 4 is 10.0 Å². The molecule has 0 aromatic heterocycles. The molecule has 0 saturated carbocycles. The first-order valence-corrected chi connectivity index (χ1v) is 10.1. The predicted molar refractivity (Wildman–Crippen MR) is 103 cm³/mol. The minimum absolute atomic E-state index is 0.0663. The lowest BCUT2D eigenvalue weighted by molar-refractivity contribution is 0.391. The van der Waals surface area contributed by atoms with Gasteiger partial charge in [-0.15, -0.1) is 0 Å². The van der Waals surface area contributed by atoms with Crippen LogP contribution in [0.4, 0.5) is 0 Å². The van der Waals surface area contributed by atoms with Crippen LogP contribution in [0, 0.1) is 0 Å². The van der Waals surface area contributed by atoms with Crippen LogP contribution in [-0.4, -0.2) is 22.6 Å². The highest BCUT2D eigenvalue weighted by atomic mass is 32.2. The van der Waals surface area contributed by atoms with Crippen LogP contribution in [0.25, 0.3) is 0 Å². The number of benzene rings is 2. The Morgan fingerprint density at radius 3 is 2.08 bits per heavy atom. The summed E-state index contributed by atoms with van der Waals surface area (Å²) in [5.74, 6) is 1.17. The Hall–Kier alpha value is -2.05. The van der Waals surface area contributed by atoms with Crippen molar-refractivity contribution in [3.05, 3.63) is 53.6 Å². The SMILES string of the molecule is CCC(NS(=O)(=O)c1cc(OC)ccc1OC)c1ccc(C(C)C)cc1. The summed E-state index contributed by atoms with van der Waals surface area (Å²) in [4.78, 5) is 0.0663. The Labute approximate surface area is 156 Å². The first kappa shape index (κ1) is 20.3. The molecule has 26 heavy (non-hydrogen) atoms. The number of rotatable bonds is 8. The van der Waals surface area contributed by atoms with Gasteiger partial charge < -0.3 is 9.47 Å². The molecule has 0 spiro atoms. The molecule has 2 rings (SSSR count). The van der Waals surface area contributed by atoms with Crippen LogP contribution in [0.15, 0.2) is 47.4 Å². The van der Waals surface area contributed by atoms with Crippen LogP contribution in [0.3, 0.4) is 0 Å². The minimum Gasteiger partial charge on any atom is -0.497 e. The summed E-state index contributed by atoms with van der Waals surface area (Å²) in [6, 6.07) is 12.5. The van der Waals surface area contributed by atoms with E-state index < -0.39 is 10.0 Å². The van der Waals surface area contributed by atoms with Crippen LogP contribution in [0.2, 0.25) is 0 Å². The van der Waals surface area contributed by atoms with Gasteiger partial charge in [0.15, 0.2) is 0 Å². The lowest BCUT2D eigenvalue weighted by Crippen LogP contribution is -2.28. The molecule has 0 aliphatic rings. The lowest BCUT2D eigenvalue weighted by Gasteiger charge is -2.19. The summed E-state index contributed by atoms with van der Waals surface area (Å²) in [5.41, 5.74) is 2.16. The predicted octanol–water partition coefficient (Wildman–Crippen LogP) is 4.26. The van der Waals surface area contributed by atoms with Crippen molar-refractivity contribution in [2.75, 3.05) is 14.2 Å². The monoisotopic (exact) mass is 377 g/mol. The smallest absolute Gasteiger partial charge is 0.244 e. The van der Waals surface area contributed by atoms with Gasteiger partial charge in [0, 0.05) is 12.1 Å². The molecule has 0 fully saturated rings. The van der Waals surface area contributed by atoms with Gasteiger partial charge in [-0.3, -0.25) is 0 Å². The molecule has 0 radical (unpaired) electrons. The Bertz CT molecular complexity index is 829. The number of nitrogens with one attached hydrogen (secondary N) is 1. The fraction of sp³-hybridized carbons (Fsp3) is 0.400. The van der Waals surface area contributed by atoms with E-state index in [0.717, 1.165) is 5.56 Å². The van der Waals surface area contributed by atoms with Gasteiger partial charge in [0.05, 0.1) is 14.2 Å². The van der Waals surface area contributed by atoms with Gasteiger partial charge in [-0.25, -0.2) is 13.1 Å². The topological polar surface area (TPSA) is 64.6 Å². The van der Waals surface area contributed by atoms with E-state index in [4.69, 9.17) is 9.47 Å². The van der Waals surface area contributed by atoms with Gasteiger partial charge in [0.25, 0.3) is 0 Å². The van der Waals surface area contributed by atoms with Gasteiger partial charge in [-0.05, 0) is 35.6 Å². The van der Waals surface area contributed by atoms with Crippen molar-refractivity contribution in [2.24, 2.45) is 0 Å². The molecule has 0 amide bonds. The first-order chi connectivity index (χ1) is 12.3. The normalized spacial score (nSPS) is 12.8. The molecule has 0 aliphatic heterocycles. The van der Waals surface area contributed by atoms with E-state index >= 15 is 0 Å². The lowest BCUT2D eigenvalue weighted by atomic mass is 9.98. The third kappa shape index (κ3) is 4.56.